The summed E-state index contributed by atoms with van der Waals surface area (Å²) in [7, 11) is 0. The Hall–Kier alpha value is -2.15. The number of benzene rings is 2. The highest BCUT2D eigenvalue weighted by molar-refractivity contribution is 5.97. The zero-order chi connectivity index (χ0) is 12.1. The van der Waals surface area contributed by atoms with Crippen molar-refractivity contribution in [2.45, 2.75) is 6.42 Å². The van der Waals surface area contributed by atoms with Crippen molar-refractivity contribution in [1.82, 2.24) is 0 Å². The van der Waals surface area contributed by atoms with Gasteiger partial charge < -0.3 is 0 Å². The molecule has 1 nitrogen and oxygen atoms in total. The van der Waals surface area contributed by atoms with E-state index in [0.29, 0.717) is 6.42 Å². The molecule has 2 rings (SSSR count). The molecule has 0 bridgehead atoms. The lowest BCUT2D eigenvalue weighted by Crippen LogP contribution is -2.04. The van der Waals surface area contributed by atoms with E-state index in [1.807, 2.05) is 54.6 Å². The van der Waals surface area contributed by atoms with Crippen molar-refractivity contribution in [3.63, 3.8) is 0 Å². The van der Waals surface area contributed by atoms with Crippen molar-refractivity contribution in [2.75, 3.05) is 0 Å². The highest BCUT2D eigenvalue weighted by Gasteiger charge is 2.07. The van der Waals surface area contributed by atoms with Crippen LogP contribution in [0, 0.1) is 0 Å². The van der Waals surface area contributed by atoms with E-state index in [2.05, 4.69) is 6.58 Å². The first-order valence-corrected chi connectivity index (χ1v) is 5.60. The van der Waals surface area contributed by atoms with Crippen LogP contribution in [0.1, 0.15) is 21.5 Å². The Balaban J connectivity index is 2.22. The van der Waals surface area contributed by atoms with Gasteiger partial charge in [0.1, 0.15) is 0 Å². The third-order valence-corrected chi connectivity index (χ3v) is 2.72. The predicted octanol–water partition coefficient (Wildman–Crippen LogP) is 3.76. The van der Waals surface area contributed by atoms with Gasteiger partial charge in [-0.15, -0.1) is 0 Å². The Morgan fingerprint density at radius 1 is 1.00 bits per heavy atom. The van der Waals surface area contributed by atoms with Gasteiger partial charge in [-0.25, -0.2) is 0 Å². The molecule has 0 amide bonds. The summed E-state index contributed by atoms with van der Waals surface area (Å²) in [6, 6.07) is 17.2. The monoisotopic (exact) mass is 222 g/mol. The zero-order valence-corrected chi connectivity index (χ0v) is 9.60. The number of hydrogen-bond acceptors (Lipinski definition) is 1. The molecule has 0 N–H and O–H groups in total. The van der Waals surface area contributed by atoms with Gasteiger partial charge in [-0.1, -0.05) is 67.3 Å². The standard InChI is InChI=1S/C16H14O/c1-2-13-8-6-7-11-15(13)12-16(17)14-9-4-3-5-10-14/h2-11H,1,12H2. The van der Waals surface area contributed by atoms with E-state index in [4.69, 9.17) is 0 Å². The normalized spacial score (nSPS) is 9.88. The Bertz CT molecular complexity index is 526. The van der Waals surface area contributed by atoms with E-state index in [9.17, 15) is 4.79 Å². The molecule has 0 unspecified atom stereocenters. The molecule has 0 aliphatic heterocycles. The second-order valence-corrected chi connectivity index (χ2v) is 3.87. The molecule has 0 saturated heterocycles. The van der Waals surface area contributed by atoms with Crippen molar-refractivity contribution in [2.24, 2.45) is 0 Å². The summed E-state index contributed by atoms with van der Waals surface area (Å²) < 4.78 is 0. The van der Waals surface area contributed by atoms with Crippen LogP contribution in [0.4, 0.5) is 0 Å². The number of carbonyl (C=O) groups is 1. The molecule has 0 fully saturated rings. The minimum Gasteiger partial charge on any atom is -0.294 e. The summed E-state index contributed by atoms with van der Waals surface area (Å²) >= 11 is 0. The first kappa shape index (κ1) is 11.3. The zero-order valence-electron chi connectivity index (χ0n) is 9.60. The maximum absolute atomic E-state index is 12.0. The third kappa shape index (κ3) is 2.70. The van der Waals surface area contributed by atoms with Gasteiger partial charge >= 0.3 is 0 Å². The van der Waals surface area contributed by atoms with Crippen LogP contribution in [0.15, 0.2) is 61.2 Å². The lowest BCUT2D eigenvalue weighted by Gasteiger charge is -2.05. The van der Waals surface area contributed by atoms with Crippen LogP contribution in [0.3, 0.4) is 0 Å². The van der Waals surface area contributed by atoms with E-state index in [1.165, 1.54) is 0 Å². The minimum atomic E-state index is 0.139. The van der Waals surface area contributed by atoms with Crippen molar-refractivity contribution >= 4 is 11.9 Å². The summed E-state index contributed by atoms with van der Waals surface area (Å²) in [6.07, 6.45) is 2.21. The molecule has 2 aromatic carbocycles. The van der Waals surface area contributed by atoms with Crippen LogP contribution >= 0.6 is 0 Å². The van der Waals surface area contributed by atoms with Crippen LogP contribution in [-0.4, -0.2) is 5.78 Å². The van der Waals surface area contributed by atoms with Crippen molar-refractivity contribution in [3.8, 4) is 0 Å². The van der Waals surface area contributed by atoms with Gasteiger partial charge in [0.15, 0.2) is 5.78 Å². The highest BCUT2D eigenvalue weighted by Crippen LogP contribution is 2.13. The van der Waals surface area contributed by atoms with E-state index in [1.54, 1.807) is 6.08 Å². The average molecular weight is 222 g/mol. The van der Waals surface area contributed by atoms with Crippen LogP contribution in [0.5, 0.6) is 0 Å². The molecule has 0 aliphatic rings. The molecular formula is C16H14O. The molecule has 0 saturated carbocycles. The maximum atomic E-state index is 12.0. The maximum Gasteiger partial charge on any atom is 0.167 e. The van der Waals surface area contributed by atoms with Gasteiger partial charge in [-0.2, -0.15) is 0 Å². The SMILES string of the molecule is C=Cc1ccccc1CC(=O)c1ccccc1. The Labute approximate surface area is 101 Å². The second kappa shape index (κ2) is 5.26. The summed E-state index contributed by atoms with van der Waals surface area (Å²) in [5, 5.41) is 0. The van der Waals surface area contributed by atoms with Crippen LogP contribution in [-0.2, 0) is 6.42 Å². The van der Waals surface area contributed by atoms with Gasteiger partial charge in [-0.3, -0.25) is 4.79 Å². The molecule has 0 heterocycles. The van der Waals surface area contributed by atoms with Gasteiger partial charge in [0, 0.05) is 12.0 Å². The van der Waals surface area contributed by atoms with Crippen LogP contribution in [0.2, 0.25) is 0 Å². The fraction of sp³-hybridized carbons (Fsp3) is 0.0625. The number of carbonyl (C=O) groups excluding carboxylic acids is 1. The second-order valence-electron chi connectivity index (χ2n) is 3.87. The topological polar surface area (TPSA) is 17.1 Å². The van der Waals surface area contributed by atoms with Crippen molar-refractivity contribution < 1.29 is 4.79 Å². The number of ketones is 1. The summed E-state index contributed by atoms with van der Waals surface area (Å²) in [5.41, 5.74) is 2.81. The largest absolute Gasteiger partial charge is 0.294 e. The lowest BCUT2D eigenvalue weighted by atomic mass is 9.99. The fourth-order valence-corrected chi connectivity index (χ4v) is 1.79. The number of Topliss-reactive ketones (excluding diaryl/α,β-unsaturated/α-hetero) is 1. The number of rotatable bonds is 4. The van der Waals surface area contributed by atoms with E-state index < -0.39 is 0 Å². The van der Waals surface area contributed by atoms with Crippen LogP contribution < -0.4 is 0 Å². The summed E-state index contributed by atoms with van der Waals surface area (Å²) in [6.45, 7) is 3.76. The Kier molecular flexibility index (Phi) is 3.51. The molecule has 0 aromatic heterocycles. The molecule has 84 valence electrons. The van der Waals surface area contributed by atoms with E-state index in [0.717, 1.165) is 16.7 Å². The van der Waals surface area contributed by atoms with Crippen molar-refractivity contribution in [3.05, 3.63) is 77.9 Å². The van der Waals surface area contributed by atoms with Crippen molar-refractivity contribution in [1.29, 1.82) is 0 Å². The molecule has 1 heteroatoms. The van der Waals surface area contributed by atoms with E-state index in [-0.39, 0.29) is 5.78 Å². The molecule has 0 radical (unpaired) electrons. The molecule has 0 aliphatic carbocycles. The fourth-order valence-electron chi connectivity index (χ4n) is 1.79. The van der Waals surface area contributed by atoms with Gasteiger partial charge in [0.05, 0.1) is 0 Å². The lowest BCUT2D eigenvalue weighted by molar-refractivity contribution is 0.0993. The van der Waals surface area contributed by atoms with Gasteiger partial charge in [-0.05, 0) is 11.1 Å². The minimum absolute atomic E-state index is 0.139. The third-order valence-electron chi connectivity index (χ3n) is 2.72. The molecular weight excluding hydrogens is 208 g/mol. The molecule has 2 aromatic rings. The Morgan fingerprint density at radius 2 is 1.65 bits per heavy atom. The average Bonchev–Trinajstić information content (AvgIpc) is 2.40. The van der Waals surface area contributed by atoms with Gasteiger partial charge in [0.25, 0.3) is 0 Å². The number of hydrogen-bond donors (Lipinski definition) is 0. The smallest absolute Gasteiger partial charge is 0.167 e. The Morgan fingerprint density at radius 3 is 2.35 bits per heavy atom. The molecule has 0 atom stereocenters. The quantitative estimate of drug-likeness (QED) is 0.720. The molecule has 0 spiro atoms. The molecule has 17 heavy (non-hydrogen) atoms. The first-order valence-electron chi connectivity index (χ1n) is 5.60. The predicted molar refractivity (Wildman–Crippen MR) is 71.0 cm³/mol. The highest BCUT2D eigenvalue weighted by atomic mass is 16.1. The first-order chi connectivity index (χ1) is 8.31. The summed E-state index contributed by atoms with van der Waals surface area (Å²) in [4.78, 5) is 12.0. The van der Waals surface area contributed by atoms with Gasteiger partial charge in [0.2, 0.25) is 0 Å². The van der Waals surface area contributed by atoms with Crippen LogP contribution in [0.25, 0.3) is 6.08 Å². The summed E-state index contributed by atoms with van der Waals surface area (Å²) in [5.74, 6) is 0.139. The van der Waals surface area contributed by atoms with E-state index >= 15 is 0 Å².